The van der Waals surface area contributed by atoms with E-state index in [9.17, 15) is 0 Å². The first-order valence-electron chi connectivity index (χ1n) is 44.9. The van der Waals surface area contributed by atoms with E-state index < -0.39 is 0 Å². The molecule has 2 bridgehead atoms. The zero-order chi connectivity index (χ0) is 77.2. The van der Waals surface area contributed by atoms with Crippen LogP contribution in [-0.4, -0.2) is 0 Å². The lowest BCUT2D eigenvalue weighted by Gasteiger charge is -2.44. The van der Waals surface area contributed by atoms with Crippen molar-refractivity contribution in [2.75, 3.05) is 0 Å². The predicted octanol–water partition coefficient (Wildman–Crippen LogP) is 38.1. The fraction of sp³-hybridized carbons (Fsp3) is 0.875. The van der Waals surface area contributed by atoms with Crippen LogP contribution in [0, 0.1) is 40.9 Å². The summed E-state index contributed by atoms with van der Waals surface area (Å²) >= 11 is 0. The monoisotopic (exact) mass is 1360 g/mol. The first-order chi connectivity index (χ1) is 46.8. The van der Waals surface area contributed by atoms with Crippen LogP contribution in [0.2, 0.25) is 0 Å². The van der Waals surface area contributed by atoms with E-state index in [-0.39, 0.29) is 0 Å². The van der Waals surface area contributed by atoms with E-state index in [2.05, 4.69) is 199 Å². The number of hydrogen-bond donors (Lipinski definition) is 0. The van der Waals surface area contributed by atoms with Gasteiger partial charge in [0, 0.05) is 0 Å². The third kappa shape index (κ3) is 103. The van der Waals surface area contributed by atoms with Gasteiger partial charge in [0.25, 0.3) is 0 Å². The van der Waals surface area contributed by atoms with Gasteiger partial charge in [-0.2, -0.15) is 0 Å². The summed E-state index contributed by atoms with van der Waals surface area (Å²) in [5.41, 5.74) is 3.38. The Kier molecular flexibility index (Phi) is 164. The standard InChI is InChI=1S/C15H28.C13H12.C12H22.C7H12.C6H12.9C3H8.8C2H6/c1-15(2,13-9-5-3-6-10-13)14-11-7-4-8-12-14;1-3-7-12(8-4-1)11-13-9-5-2-6-10-13;1-3-7-11(8-4-1)12-9-5-2-6-10-12;1-2-7-4-3-6(1)5-7;1-2-4-6-5-3-1;9*1-3-2;8*1-2/h13-14H,3-12H2,1-2H3;1-10H,11H2;11-12H,1-10H2;6-7H,1-5H2;1-6H2;9*3H2,1-2H3;8*1-2H3. The molecule has 0 spiro atoms. The van der Waals surface area contributed by atoms with Gasteiger partial charge in [-0.05, 0) is 90.6 Å². The lowest BCUT2D eigenvalue weighted by Crippen LogP contribution is -2.35. The van der Waals surface area contributed by atoms with E-state index in [0.717, 1.165) is 30.1 Å². The third-order valence-corrected chi connectivity index (χ3v) is 15.5. The van der Waals surface area contributed by atoms with Crippen molar-refractivity contribution in [3.05, 3.63) is 71.8 Å². The van der Waals surface area contributed by atoms with E-state index in [1.54, 1.807) is 57.8 Å². The molecular formula is C96H206. The summed E-state index contributed by atoms with van der Waals surface area (Å²) in [6.45, 7) is 75.4. The Morgan fingerprint density at radius 1 is 0.229 bits per heavy atom. The van der Waals surface area contributed by atoms with Crippen LogP contribution in [0.4, 0.5) is 0 Å². The largest absolute Gasteiger partial charge is 0.0683 e. The highest BCUT2D eigenvalue weighted by Crippen LogP contribution is 2.48. The SMILES string of the molecule is C1CC2CCC1C2.C1CCC(C2CCCCC2)CC1.C1CCCCC1.CC.CC.CC.CC.CC.CC.CC.CC.CC(C)(C1CCCCC1)C1CCCCC1.CCC.CCC.CCC.CCC.CCC.CCC.CCC.CCC.CCC.c1ccc(Cc2ccccc2)cc1. The molecular weight excluding hydrogens is 1150 g/mol. The van der Waals surface area contributed by atoms with Crippen LogP contribution in [-0.2, 0) is 6.42 Å². The molecule has 0 heteroatoms. The van der Waals surface area contributed by atoms with Gasteiger partial charge in [0.05, 0.1) is 0 Å². The van der Waals surface area contributed by atoms with Crippen LogP contribution in [0.5, 0.6) is 0 Å². The highest BCUT2D eigenvalue weighted by atomic mass is 14.4. The van der Waals surface area contributed by atoms with Crippen molar-refractivity contribution < 1.29 is 0 Å². The molecule has 0 heterocycles. The van der Waals surface area contributed by atoms with Crippen molar-refractivity contribution in [3.8, 4) is 0 Å². The molecule has 7 aliphatic carbocycles. The van der Waals surface area contributed by atoms with Crippen molar-refractivity contribution in [2.24, 2.45) is 40.9 Å². The minimum absolute atomic E-state index is 0.640. The molecule has 2 aromatic carbocycles. The van der Waals surface area contributed by atoms with E-state index in [4.69, 9.17) is 0 Å². The fourth-order valence-electron chi connectivity index (χ4n) is 11.9. The Labute approximate surface area is 621 Å². The third-order valence-electron chi connectivity index (χ3n) is 15.5. The zero-order valence-electron chi connectivity index (χ0n) is 75.7. The van der Waals surface area contributed by atoms with Crippen molar-refractivity contribution in [1.82, 2.24) is 0 Å². The molecule has 0 amide bonds. The number of benzene rings is 2. The van der Waals surface area contributed by atoms with E-state index >= 15 is 0 Å². The van der Waals surface area contributed by atoms with Gasteiger partial charge in [0.1, 0.15) is 0 Å². The summed E-state index contributed by atoms with van der Waals surface area (Å²) in [7, 11) is 0. The van der Waals surface area contributed by atoms with Gasteiger partial charge in [-0.3, -0.25) is 0 Å². The van der Waals surface area contributed by atoms with Crippen molar-refractivity contribution in [2.45, 2.75) is 513 Å². The van der Waals surface area contributed by atoms with Gasteiger partial charge >= 0.3 is 0 Å². The fourth-order valence-corrected chi connectivity index (χ4v) is 11.9. The van der Waals surface area contributed by atoms with Gasteiger partial charge in [0.15, 0.2) is 0 Å². The average molecular weight is 1360 g/mol. The first-order valence-corrected chi connectivity index (χ1v) is 44.9. The average Bonchev–Trinajstić information content (AvgIpc) is 1.35. The summed E-state index contributed by atoms with van der Waals surface area (Å²) in [6.07, 6.45) is 59.6. The molecule has 96 heavy (non-hydrogen) atoms. The van der Waals surface area contributed by atoms with Crippen LogP contribution in [0.25, 0.3) is 0 Å². The van der Waals surface area contributed by atoms with Crippen molar-refractivity contribution in [3.63, 3.8) is 0 Å². The van der Waals surface area contributed by atoms with Crippen LogP contribution in [0.1, 0.15) is 517 Å². The van der Waals surface area contributed by atoms with Gasteiger partial charge in [-0.1, -0.05) is 535 Å². The van der Waals surface area contributed by atoms with Gasteiger partial charge in [-0.15, -0.1) is 0 Å². The predicted molar refractivity (Wildman–Crippen MR) is 468 cm³/mol. The summed E-state index contributed by atoms with van der Waals surface area (Å²) < 4.78 is 0. The van der Waals surface area contributed by atoms with E-state index in [0.29, 0.717) is 5.41 Å². The molecule has 9 rings (SSSR count). The Morgan fingerprint density at radius 3 is 0.542 bits per heavy atom. The minimum atomic E-state index is 0.640. The smallest absolute Gasteiger partial charge is 0.00258 e. The molecule has 0 nitrogen and oxygen atoms in total. The van der Waals surface area contributed by atoms with Crippen molar-refractivity contribution >= 4 is 0 Å². The molecule has 7 aliphatic rings. The van der Waals surface area contributed by atoms with Crippen LogP contribution in [0.15, 0.2) is 60.7 Å². The van der Waals surface area contributed by atoms with Crippen LogP contribution >= 0.6 is 0 Å². The molecule has 0 N–H and O–H groups in total. The molecule has 0 aliphatic heterocycles. The summed E-state index contributed by atoms with van der Waals surface area (Å²) in [6, 6.07) is 21.1. The van der Waals surface area contributed by atoms with Gasteiger partial charge < -0.3 is 0 Å². The topological polar surface area (TPSA) is 0 Å². The lowest BCUT2D eigenvalue weighted by atomic mass is 9.61. The van der Waals surface area contributed by atoms with Crippen molar-refractivity contribution in [1.29, 1.82) is 0 Å². The van der Waals surface area contributed by atoms with Crippen LogP contribution in [0.3, 0.4) is 0 Å². The summed E-state index contributed by atoms with van der Waals surface area (Å²) in [4.78, 5) is 0. The van der Waals surface area contributed by atoms with Gasteiger partial charge in [0.2, 0.25) is 0 Å². The highest BCUT2D eigenvalue weighted by molar-refractivity contribution is 5.25. The van der Waals surface area contributed by atoms with E-state index in [1.165, 1.54) is 222 Å². The Bertz CT molecular complexity index is 1150. The molecule has 590 valence electrons. The number of hydrogen-bond acceptors (Lipinski definition) is 0. The maximum Gasteiger partial charge on any atom is -0.00258 e. The second-order valence-corrected chi connectivity index (χ2v) is 26.0. The van der Waals surface area contributed by atoms with E-state index in [1.807, 2.05) is 111 Å². The molecule has 0 radical (unpaired) electrons. The maximum atomic E-state index is 2.57. The molecule has 7 saturated carbocycles. The Morgan fingerprint density at radius 2 is 0.385 bits per heavy atom. The highest BCUT2D eigenvalue weighted by Gasteiger charge is 2.37. The molecule has 2 aromatic rings. The Hall–Kier alpha value is -1.56. The second kappa shape index (κ2) is 127. The quantitative estimate of drug-likeness (QED) is 0.280. The molecule has 0 unspecified atom stereocenters. The minimum Gasteiger partial charge on any atom is -0.0683 e. The normalized spacial score (nSPS) is 16.3. The first kappa shape index (κ1) is 124. The molecule has 0 aromatic heterocycles. The molecule has 7 fully saturated rings. The van der Waals surface area contributed by atoms with Gasteiger partial charge in [-0.25, -0.2) is 0 Å². The summed E-state index contributed by atoms with van der Waals surface area (Å²) in [5, 5.41) is 0. The second-order valence-electron chi connectivity index (χ2n) is 26.0. The molecule has 0 atom stereocenters. The number of rotatable bonds is 5. The van der Waals surface area contributed by atoms with Crippen LogP contribution < -0.4 is 0 Å². The summed E-state index contributed by atoms with van der Waals surface area (Å²) in [5.74, 6) is 6.69. The lowest BCUT2D eigenvalue weighted by molar-refractivity contribution is 0.0587. The number of fused-ring (bicyclic) bond motifs is 2. The molecule has 0 saturated heterocycles. The maximum absolute atomic E-state index is 2.57. The zero-order valence-corrected chi connectivity index (χ0v) is 75.7. The Balaban J connectivity index is -0.0000000721.